The summed E-state index contributed by atoms with van der Waals surface area (Å²) in [6.45, 7) is 0. The molecule has 1 aromatic heterocycles. The van der Waals surface area contributed by atoms with Gasteiger partial charge in [-0.1, -0.05) is 36.4 Å². The first-order valence-electron chi connectivity index (χ1n) is 7.24. The second kappa shape index (κ2) is 5.20. The lowest BCUT2D eigenvalue weighted by Gasteiger charge is -2.31. The van der Waals surface area contributed by atoms with Crippen LogP contribution in [0.1, 0.15) is 17.7 Å². The number of rotatable bonds is 2. The quantitative estimate of drug-likeness (QED) is 0.756. The minimum absolute atomic E-state index is 0.233. The molecule has 3 N–H and O–H groups in total. The van der Waals surface area contributed by atoms with Crippen LogP contribution in [0.4, 0.5) is 0 Å². The highest BCUT2D eigenvalue weighted by molar-refractivity contribution is 6.13. The average Bonchev–Trinajstić information content (AvgIpc) is 3.04. The molecule has 0 saturated heterocycles. The van der Waals surface area contributed by atoms with Gasteiger partial charge in [0, 0.05) is 12.6 Å². The van der Waals surface area contributed by atoms with E-state index in [-0.39, 0.29) is 5.91 Å². The molecule has 1 atom stereocenters. The average molecular weight is 306 g/mol. The molecule has 0 bridgehead atoms. The fourth-order valence-electron chi connectivity index (χ4n) is 2.55. The van der Waals surface area contributed by atoms with Gasteiger partial charge in [0.25, 0.3) is 5.91 Å². The Morgan fingerprint density at radius 3 is 2.48 bits per heavy atom. The summed E-state index contributed by atoms with van der Waals surface area (Å²) in [5.74, 6) is 0.166. The van der Waals surface area contributed by atoms with Crippen LogP contribution in [0.3, 0.4) is 0 Å². The number of hydrazone groups is 2. The molecular weight excluding hydrogens is 292 g/mol. The van der Waals surface area contributed by atoms with Gasteiger partial charge in [0.2, 0.25) is 5.66 Å². The lowest BCUT2D eigenvalue weighted by atomic mass is 9.99. The van der Waals surface area contributed by atoms with Crippen LogP contribution in [0.25, 0.3) is 0 Å². The minimum Gasteiger partial charge on any atom is -0.304 e. The van der Waals surface area contributed by atoms with Gasteiger partial charge in [-0.2, -0.15) is 10.2 Å². The van der Waals surface area contributed by atoms with Crippen LogP contribution in [0.15, 0.2) is 64.9 Å². The lowest BCUT2D eigenvalue weighted by molar-refractivity contribution is -0.127. The van der Waals surface area contributed by atoms with Crippen LogP contribution in [-0.4, -0.2) is 28.1 Å². The first-order valence-corrected chi connectivity index (χ1v) is 7.24. The Hall–Kier alpha value is -3.22. The highest BCUT2D eigenvalue weighted by Gasteiger charge is 2.46. The summed E-state index contributed by atoms with van der Waals surface area (Å²) in [6, 6.07) is 15.2. The minimum atomic E-state index is -1.05. The summed E-state index contributed by atoms with van der Waals surface area (Å²) in [5, 5.41) is 11.3. The van der Waals surface area contributed by atoms with Gasteiger partial charge >= 0.3 is 0 Å². The molecular formula is C16H14N6O. The van der Waals surface area contributed by atoms with Crippen LogP contribution < -0.4 is 16.2 Å². The SMILES string of the molecule is O=C1NC(c2ccccn2)=NNC12CC(c1ccccc1)=NN2. The van der Waals surface area contributed by atoms with Crippen molar-refractivity contribution in [2.45, 2.75) is 12.1 Å². The van der Waals surface area contributed by atoms with Gasteiger partial charge in [-0.25, -0.2) is 0 Å². The van der Waals surface area contributed by atoms with Crippen LogP contribution >= 0.6 is 0 Å². The number of amidine groups is 1. The maximum atomic E-state index is 12.6. The molecule has 1 aromatic carbocycles. The topological polar surface area (TPSA) is 90.8 Å². The van der Waals surface area contributed by atoms with Crippen LogP contribution in [0.2, 0.25) is 0 Å². The summed E-state index contributed by atoms with van der Waals surface area (Å²) in [5.41, 5.74) is 7.12. The number of nitrogens with zero attached hydrogens (tertiary/aromatic N) is 3. The molecule has 0 fully saturated rings. The van der Waals surface area contributed by atoms with Gasteiger partial charge in [-0.05, 0) is 17.7 Å². The molecule has 7 nitrogen and oxygen atoms in total. The highest BCUT2D eigenvalue weighted by atomic mass is 16.2. The molecule has 2 aliphatic heterocycles. The molecule has 1 spiro atoms. The molecule has 0 aliphatic carbocycles. The van der Waals surface area contributed by atoms with Gasteiger partial charge < -0.3 is 5.32 Å². The van der Waals surface area contributed by atoms with E-state index >= 15 is 0 Å². The largest absolute Gasteiger partial charge is 0.304 e. The monoisotopic (exact) mass is 306 g/mol. The molecule has 2 aliphatic rings. The van der Waals surface area contributed by atoms with Crippen LogP contribution in [0, 0.1) is 0 Å². The van der Waals surface area contributed by atoms with E-state index in [1.807, 2.05) is 42.5 Å². The van der Waals surface area contributed by atoms with E-state index in [0.29, 0.717) is 18.0 Å². The molecule has 3 heterocycles. The predicted molar refractivity (Wildman–Crippen MR) is 85.5 cm³/mol. The van der Waals surface area contributed by atoms with E-state index in [9.17, 15) is 4.79 Å². The van der Waals surface area contributed by atoms with Crippen molar-refractivity contribution in [3.05, 3.63) is 66.0 Å². The zero-order valence-corrected chi connectivity index (χ0v) is 12.2. The van der Waals surface area contributed by atoms with Crippen molar-refractivity contribution >= 4 is 17.5 Å². The second-order valence-electron chi connectivity index (χ2n) is 5.36. The smallest absolute Gasteiger partial charge is 0.275 e. The Morgan fingerprint density at radius 1 is 0.957 bits per heavy atom. The van der Waals surface area contributed by atoms with E-state index in [1.54, 1.807) is 12.3 Å². The first-order chi connectivity index (χ1) is 11.3. The van der Waals surface area contributed by atoms with Gasteiger partial charge in [-0.3, -0.25) is 20.6 Å². The molecule has 2 aromatic rings. The van der Waals surface area contributed by atoms with Crippen molar-refractivity contribution in [2.24, 2.45) is 10.2 Å². The first kappa shape index (κ1) is 13.4. The Kier molecular flexibility index (Phi) is 3.04. The van der Waals surface area contributed by atoms with Crippen molar-refractivity contribution < 1.29 is 4.79 Å². The Morgan fingerprint density at radius 2 is 1.74 bits per heavy atom. The molecule has 7 heteroatoms. The number of nitrogens with one attached hydrogen (secondary N) is 3. The number of pyridine rings is 1. The molecule has 114 valence electrons. The van der Waals surface area contributed by atoms with E-state index < -0.39 is 5.66 Å². The fourth-order valence-corrected chi connectivity index (χ4v) is 2.55. The number of amides is 1. The third-order valence-electron chi connectivity index (χ3n) is 3.81. The van der Waals surface area contributed by atoms with Gasteiger partial charge in [0.05, 0.1) is 5.71 Å². The van der Waals surface area contributed by atoms with Crippen molar-refractivity contribution in [1.82, 2.24) is 21.2 Å². The number of aromatic nitrogens is 1. The standard InChI is InChI=1S/C16H14N6O/c23-15-16(10-13(19-21-16)11-6-2-1-3-7-11)22-20-14(18-15)12-8-4-5-9-17-12/h1-9,21-22H,10H2,(H,18,20,23). The van der Waals surface area contributed by atoms with Crippen LogP contribution in [0.5, 0.6) is 0 Å². The fraction of sp³-hybridized carbons (Fsp3) is 0.125. The zero-order valence-electron chi connectivity index (χ0n) is 12.2. The molecule has 0 radical (unpaired) electrons. The Labute approximate surface area is 132 Å². The molecule has 1 amide bonds. The maximum absolute atomic E-state index is 12.6. The van der Waals surface area contributed by atoms with E-state index in [1.165, 1.54) is 0 Å². The molecule has 4 rings (SSSR count). The zero-order chi connectivity index (χ0) is 15.7. The summed E-state index contributed by atoms with van der Waals surface area (Å²) >= 11 is 0. The lowest BCUT2D eigenvalue weighted by Crippen LogP contribution is -2.65. The van der Waals surface area contributed by atoms with E-state index in [4.69, 9.17) is 0 Å². The number of hydrogen-bond acceptors (Lipinski definition) is 6. The third kappa shape index (κ3) is 2.32. The van der Waals surface area contributed by atoms with Crippen molar-refractivity contribution in [1.29, 1.82) is 0 Å². The highest BCUT2D eigenvalue weighted by Crippen LogP contribution is 2.21. The van der Waals surface area contributed by atoms with Gasteiger partial charge in [-0.15, -0.1) is 0 Å². The summed E-state index contributed by atoms with van der Waals surface area (Å²) in [6.07, 6.45) is 2.06. The number of carbonyl (C=O) groups excluding carboxylic acids is 1. The number of carbonyl (C=O) groups is 1. The maximum Gasteiger partial charge on any atom is 0.275 e. The van der Waals surface area contributed by atoms with Gasteiger partial charge in [0.15, 0.2) is 5.84 Å². The van der Waals surface area contributed by atoms with Gasteiger partial charge in [0.1, 0.15) is 5.69 Å². The second-order valence-corrected chi connectivity index (χ2v) is 5.36. The Balaban J connectivity index is 1.56. The molecule has 0 saturated carbocycles. The summed E-state index contributed by atoms with van der Waals surface area (Å²) in [4.78, 5) is 16.7. The van der Waals surface area contributed by atoms with Crippen molar-refractivity contribution in [3.8, 4) is 0 Å². The molecule has 23 heavy (non-hydrogen) atoms. The van der Waals surface area contributed by atoms with Crippen LogP contribution in [-0.2, 0) is 4.79 Å². The predicted octanol–water partition coefficient (Wildman–Crippen LogP) is 0.556. The Bertz CT molecular complexity index is 802. The van der Waals surface area contributed by atoms with E-state index in [2.05, 4.69) is 31.4 Å². The molecule has 1 unspecified atom stereocenters. The summed E-state index contributed by atoms with van der Waals surface area (Å²) in [7, 11) is 0. The van der Waals surface area contributed by atoms with Crippen molar-refractivity contribution in [3.63, 3.8) is 0 Å². The third-order valence-corrected chi connectivity index (χ3v) is 3.81. The summed E-state index contributed by atoms with van der Waals surface area (Å²) < 4.78 is 0. The number of hydrogen-bond donors (Lipinski definition) is 3. The normalized spacial score (nSPS) is 22.7. The van der Waals surface area contributed by atoms with E-state index in [0.717, 1.165) is 11.3 Å². The number of benzene rings is 1. The van der Waals surface area contributed by atoms with Crippen molar-refractivity contribution in [2.75, 3.05) is 0 Å².